The van der Waals surface area contributed by atoms with Gasteiger partial charge in [-0.05, 0) is 50.5 Å². The van der Waals surface area contributed by atoms with Crippen molar-refractivity contribution >= 4 is 5.97 Å². The van der Waals surface area contributed by atoms with E-state index in [-0.39, 0.29) is 11.1 Å². The molecule has 0 aliphatic heterocycles. The molecule has 1 saturated carbocycles. The van der Waals surface area contributed by atoms with Crippen LogP contribution in [0.3, 0.4) is 0 Å². The Morgan fingerprint density at radius 1 is 1.43 bits per heavy atom. The van der Waals surface area contributed by atoms with Crippen molar-refractivity contribution in [1.29, 1.82) is 0 Å². The molecule has 0 amide bonds. The fraction of sp³-hybridized carbons (Fsp3) is 0.688. The number of hydrogen-bond acceptors (Lipinski definition) is 3. The zero-order valence-electron chi connectivity index (χ0n) is 13.3. The van der Waals surface area contributed by atoms with Crippen LogP contribution in [-0.4, -0.2) is 20.6 Å². The van der Waals surface area contributed by atoms with Gasteiger partial charge in [0.25, 0.3) is 0 Å². The summed E-state index contributed by atoms with van der Waals surface area (Å²) in [4.78, 5) is 27.4. The van der Waals surface area contributed by atoms with Crippen LogP contribution < -0.4 is 5.69 Å². The highest BCUT2D eigenvalue weighted by atomic mass is 16.4. The summed E-state index contributed by atoms with van der Waals surface area (Å²) in [6.45, 7) is 8.24. The van der Waals surface area contributed by atoms with Gasteiger partial charge >= 0.3 is 11.7 Å². The quantitative estimate of drug-likeness (QED) is 0.873. The van der Waals surface area contributed by atoms with Gasteiger partial charge in [0.1, 0.15) is 0 Å². The smallest absolute Gasteiger partial charge is 0.347 e. The van der Waals surface area contributed by atoms with Crippen molar-refractivity contribution in [2.75, 3.05) is 0 Å². The maximum absolute atomic E-state index is 12.2. The Labute approximate surface area is 125 Å². The number of aromatic nitrogens is 2. The first kappa shape index (κ1) is 15.7. The highest BCUT2D eigenvalue weighted by Crippen LogP contribution is 2.49. The lowest BCUT2D eigenvalue weighted by molar-refractivity contribution is -0.141. The van der Waals surface area contributed by atoms with Crippen molar-refractivity contribution < 1.29 is 9.90 Å². The maximum atomic E-state index is 12.2. The highest BCUT2D eigenvalue weighted by molar-refractivity contribution is 5.70. The third-order valence-corrected chi connectivity index (χ3v) is 4.91. The first-order valence-corrected chi connectivity index (χ1v) is 7.59. The topological polar surface area (TPSA) is 72.2 Å². The van der Waals surface area contributed by atoms with Gasteiger partial charge in [-0.3, -0.25) is 9.36 Å². The molecule has 0 spiro atoms. The second-order valence-corrected chi connectivity index (χ2v) is 6.43. The summed E-state index contributed by atoms with van der Waals surface area (Å²) in [6.07, 6.45) is 3.79. The molecule has 0 radical (unpaired) electrons. The van der Waals surface area contributed by atoms with Crippen LogP contribution in [0.25, 0.3) is 0 Å². The minimum atomic E-state index is -0.821. The average Bonchev–Trinajstić information content (AvgIpc) is 3.19. The van der Waals surface area contributed by atoms with E-state index in [2.05, 4.69) is 11.9 Å². The van der Waals surface area contributed by atoms with Gasteiger partial charge in [-0.25, -0.2) is 4.79 Å². The lowest BCUT2D eigenvalue weighted by Crippen LogP contribution is -2.31. The van der Waals surface area contributed by atoms with Gasteiger partial charge in [0.15, 0.2) is 0 Å². The summed E-state index contributed by atoms with van der Waals surface area (Å²) in [5.74, 6) is -1.30. The monoisotopic (exact) mass is 292 g/mol. The minimum Gasteiger partial charge on any atom is -0.481 e. The molecule has 116 valence electrons. The second kappa shape index (κ2) is 5.62. The molecule has 1 N–H and O–H groups in total. The van der Waals surface area contributed by atoms with E-state index in [9.17, 15) is 9.59 Å². The Morgan fingerprint density at radius 2 is 2.05 bits per heavy atom. The van der Waals surface area contributed by atoms with Crippen molar-refractivity contribution in [3.05, 3.63) is 27.4 Å². The van der Waals surface area contributed by atoms with Crippen LogP contribution in [0.1, 0.15) is 50.1 Å². The third-order valence-electron chi connectivity index (χ3n) is 4.91. The van der Waals surface area contributed by atoms with Crippen LogP contribution in [0, 0.1) is 25.2 Å². The standard InChI is InChI=1S/C16H24N2O3/c1-5-16(6-7-16)9-18-12(4)13(8-10(2)14(19)20)11(3)17-15(18)21/h10H,5-9H2,1-4H3,(H,19,20). The number of aryl methyl sites for hydroxylation is 1. The lowest BCUT2D eigenvalue weighted by Gasteiger charge is -2.20. The van der Waals surface area contributed by atoms with Crippen molar-refractivity contribution in [1.82, 2.24) is 9.55 Å². The Bertz CT molecular complexity index is 615. The van der Waals surface area contributed by atoms with E-state index in [1.54, 1.807) is 18.4 Å². The van der Waals surface area contributed by atoms with Crippen LogP contribution >= 0.6 is 0 Å². The van der Waals surface area contributed by atoms with Crippen LogP contribution in [0.5, 0.6) is 0 Å². The van der Waals surface area contributed by atoms with Crippen molar-refractivity contribution in [3.63, 3.8) is 0 Å². The van der Waals surface area contributed by atoms with Gasteiger partial charge in [0.2, 0.25) is 0 Å². The van der Waals surface area contributed by atoms with E-state index in [1.165, 1.54) is 0 Å². The molecule has 5 heteroatoms. The number of nitrogens with zero attached hydrogens (tertiary/aromatic N) is 2. The van der Waals surface area contributed by atoms with E-state index in [4.69, 9.17) is 5.11 Å². The molecule has 1 aromatic heterocycles. The van der Waals surface area contributed by atoms with Gasteiger partial charge in [0, 0.05) is 17.9 Å². The average molecular weight is 292 g/mol. The third kappa shape index (κ3) is 3.17. The molecule has 1 unspecified atom stereocenters. The summed E-state index contributed by atoms with van der Waals surface area (Å²) in [5, 5.41) is 9.09. The van der Waals surface area contributed by atoms with Gasteiger partial charge in [-0.15, -0.1) is 0 Å². The van der Waals surface area contributed by atoms with Gasteiger partial charge in [-0.2, -0.15) is 4.98 Å². The van der Waals surface area contributed by atoms with Crippen LogP contribution in [0.2, 0.25) is 0 Å². The van der Waals surface area contributed by atoms with E-state index >= 15 is 0 Å². The lowest BCUT2D eigenvalue weighted by atomic mass is 9.98. The summed E-state index contributed by atoms with van der Waals surface area (Å²) in [7, 11) is 0. The molecule has 2 rings (SSSR count). The maximum Gasteiger partial charge on any atom is 0.347 e. The molecule has 1 aliphatic rings. The second-order valence-electron chi connectivity index (χ2n) is 6.43. The van der Waals surface area contributed by atoms with E-state index < -0.39 is 11.9 Å². The Hall–Kier alpha value is -1.65. The van der Waals surface area contributed by atoms with Crippen LogP contribution in [-0.2, 0) is 17.8 Å². The SMILES string of the molecule is CCC1(Cn2c(C)c(CC(C)C(=O)O)c(C)nc2=O)CC1. The predicted molar refractivity (Wildman–Crippen MR) is 80.4 cm³/mol. The number of carbonyl (C=O) groups is 1. The fourth-order valence-corrected chi connectivity index (χ4v) is 2.85. The van der Waals surface area contributed by atoms with Crippen LogP contribution in [0.15, 0.2) is 4.79 Å². The Morgan fingerprint density at radius 3 is 2.52 bits per heavy atom. The molecule has 1 aromatic rings. The molecular weight excluding hydrogens is 268 g/mol. The molecule has 1 heterocycles. The first-order valence-electron chi connectivity index (χ1n) is 7.59. The number of hydrogen-bond donors (Lipinski definition) is 1. The van der Waals surface area contributed by atoms with Crippen molar-refractivity contribution in [2.24, 2.45) is 11.3 Å². The molecule has 1 aliphatic carbocycles. The van der Waals surface area contributed by atoms with Crippen molar-refractivity contribution in [2.45, 2.75) is 59.9 Å². The first-order chi connectivity index (χ1) is 9.79. The predicted octanol–water partition coefficient (Wildman–Crippen LogP) is 2.31. The normalized spacial score (nSPS) is 17.5. The van der Waals surface area contributed by atoms with Gasteiger partial charge < -0.3 is 5.11 Å². The molecule has 0 aromatic carbocycles. The molecular formula is C16H24N2O3. The summed E-state index contributed by atoms with van der Waals surface area (Å²) < 4.78 is 1.74. The molecule has 1 fully saturated rings. The molecule has 21 heavy (non-hydrogen) atoms. The Balaban J connectivity index is 2.38. The number of rotatable bonds is 6. The van der Waals surface area contributed by atoms with Gasteiger partial charge in [0.05, 0.1) is 5.92 Å². The zero-order chi connectivity index (χ0) is 15.8. The fourth-order valence-electron chi connectivity index (χ4n) is 2.85. The van der Waals surface area contributed by atoms with E-state index in [1.807, 2.05) is 6.92 Å². The number of carboxylic acids is 1. The van der Waals surface area contributed by atoms with Gasteiger partial charge in [-0.1, -0.05) is 13.8 Å². The van der Waals surface area contributed by atoms with Crippen molar-refractivity contribution in [3.8, 4) is 0 Å². The summed E-state index contributed by atoms with van der Waals surface area (Å²) >= 11 is 0. The summed E-state index contributed by atoms with van der Waals surface area (Å²) in [6, 6.07) is 0. The number of aliphatic carboxylic acids is 1. The molecule has 0 bridgehead atoms. The van der Waals surface area contributed by atoms with E-state index in [0.29, 0.717) is 18.7 Å². The molecule has 0 saturated heterocycles. The number of carboxylic acid groups (broad SMARTS) is 1. The zero-order valence-corrected chi connectivity index (χ0v) is 13.3. The minimum absolute atomic E-state index is 0.212. The molecule has 5 nitrogen and oxygen atoms in total. The largest absolute Gasteiger partial charge is 0.481 e. The highest BCUT2D eigenvalue weighted by Gasteiger charge is 2.41. The molecule has 1 atom stereocenters. The Kier molecular flexibility index (Phi) is 4.21. The van der Waals surface area contributed by atoms with Crippen LogP contribution in [0.4, 0.5) is 0 Å². The summed E-state index contributed by atoms with van der Waals surface area (Å²) in [5.41, 5.74) is 2.47. The van der Waals surface area contributed by atoms with E-state index in [0.717, 1.165) is 30.5 Å².